The van der Waals surface area contributed by atoms with Gasteiger partial charge in [-0.1, -0.05) is 19.1 Å². The molecule has 1 heterocycles. The number of benzene rings is 1. The first-order valence-corrected chi connectivity index (χ1v) is 6.33. The molecular formula is C14H16FNO3. The highest BCUT2D eigenvalue weighted by molar-refractivity contribution is 5.98. The largest absolute Gasteiger partial charge is 0.479 e. The zero-order valence-electron chi connectivity index (χ0n) is 10.7. The van der Waals surface area contributed by atoms with Crippen molar-refractivity contribution >= 4 is 11.9 Å². The van der Waals surface area contributed by atoms with Gasteiger partial charge in [-0.25, -0.2) is 9.18 Å². The maximum Gasteiger partial charge on any atom is 0.329 e. The summed E-state index contributed by atoms with van der Waals surface area (Å²) in [7, 11) is 0. The number of aliphatic carboxylic acids is 1. The molecule has 0 spiro atoms. The third kappa shape index (κ3) is 2.09. The fraction of sp³-hybridized carbons (Fsp3) is 0.429. The SMILES string of the molecule is CCC1(C(=O)O)CCCN1C(=O)c1ccccc1F. The van der Waals surface area contributed by atoms with E-state index in [1.54, 1.807) is 13.0 Å². The van der Waals surface area contributed by atoms with Crippen molar-refractivity contribution in [2.45, 2.75) is 31.7 Å². The van der Waals surface area contributed by atoms with E-state index in [0.29, 0.717) is 25.8 Å². The second kappa shape index (κ2) is 4.99. The Bertz CT molecular complexity index is 517. The molecule has 1 amide bonds. The molecule has 102 valence electrons. The summed E-state index contributed by atoms with van der Waals surface area (Å²) in [6, 6.07) is 5.66. The molecule has 0 radical (unpaired) electrons. The minimum Gasteiger partial charge on any atom is -0.479 e. The summed E-state index contributed by atoms with van der Waals surface area (Å²) < 4.78 is 13.7. The first-order chi connectivity index (χ1) is 9.03. The second-order valence-electron chi connectivity index (χ2n) is 4.73. The first-order valence-electron chi connectivity index (χ1n) is 6.33. The monoisotopic (exact) mass is 265 g/mol. The lowest BCUT2D eigenvalue weighted by molar-refractivity contribution is -0.148. The smallest absolute Gasteiger partial charge is 0.329 e. The number of carboxylic acids is 1. The Morgan fingerprint density at radius 1 is 1.42 bits per heavy atom. The molecule has 1 atom stereocenters. The lowest BCUT2D eigenvalue weighted by atomic mass is 9.92. The quantitative estimate of drug-likeness (QED) is 0.912. The summed E-state index contributed by atoms with van der Waals surface area (Å²) >= 11 is 0. The number of carbonyl (C=O) groups excluding carboxylic acids is 1. The van der Waals surface area contributed by atoms with Gasteiger partial charge in [-0.15, -0.1) is 0 Å². The van der Waals surface area contributed by atoms with Crippen molar-refractivity contribution in [2.75, 3.05) is 6.54 Å². The van der Waals surface area contributed by atoms with Gasteiger partial charge < -0.3 is 10.0 Å². The van der Waals surface area contributed by atoms with Crippen LogP contribution in [0.25, 0.3) is 0 Å². The first kappa shape index (κ1) is 13.5. The molecule has 1 aromatic carbocycles. The molecule has 1 unspecified atom stereocenters. The number of amides is 1. The summed E-state index contributed by atoms with van der Waals surface area (Å²) in [4.78, 5) is 25.2. The Labute approximate surface area is 110 Å². The van der Waals surface area contributed by atoms with Crippen molar-refractivity contribution in [1.29, 1.82) is 0 Å². The molecular weight excluding hydrogens is 249 g/mol. The average Bonchev–Trinajstić information content (AvgIpc) is 2.83. The van der Waals surface area contributed by atoms with Gasteiger partial charge in [0.1, 0.15) is 11.4 Å². The summed E-state index contributed by atoms with van der Waals surface area (Å²) in [5.41, 5.74) is -1.26. The Kier molecular flexibility index (Phi) is 3.55. The molecule has 1 aliphatic heterocycles. The molecule has 1 fully saturated rings. The van der Waals surface area contributed by atoms with Gasteiger partial charge in [-0.2, -0.15) is 0 Å². The van der Waals surface area contributed by atoms with Crippen molar-refractivity contribution < 1.29 is 19.1 Å². The van der Waals surface area contributed by atoms with E-state index in [1.807, 2.05) is 0 Å². The van der Waals surface area contributed by atoms with E-state index in [4.69, 9.17) is 0 Å². The minimum atomic E-state index is -1.20. The van der Waals surface area contributed by atoms with Crippen LogP contribution in [0.15, 0.2) is 24.3 Å². The predicted octanol–water partition coefficient (Wildman–Crippen LogP) is 2.30. The van der Waals surface area contributed by atoms with Gasteiger partial charge >= 0.3 is 5.97 Å². The van der Waals surface area contributed by atoms with E-state index in [9.17, 15) is 19.1 Å². The molecule has 1 saturated heterocycles. The van der Waals surface area contributed by atoms with Gasteiger partial charge in [0, 0.05) is 6.54 Å². The maximum atomic E-state index is 13.7. The molecule has 0 aromatic heterocycles. The van der Waals surface area contributed by atoms with E-state index < -0.39 is 23.2 Å². The predicted molar refractivity (Wildman–Crippen MR) is 67.3 cm³/mol. The third-order valence-electron chi connectivity index (χ3n) is 3.82. The van der Waals surface area contributed by atoms with E-state index in [-0.39, 0.29) is 5.56 Å². The number of carboxylic acid groups (broad SMARTS) is 1. The molecule has 2 rings (SSSR count). The number of rotatable bonds is 3. The Hall–Kier alpha value is -1.91. The number of halogens is 1. The zero-order valence-corrected chi connectivity index (χ0v) is 10.7. The standard InChI is InChI=1S/C14H16FNO3/c1-2-14(13(18)19)8-5-9-16(14)12(17)10-6-3-4-7-11(10)15/h3-4,6-7H,2,5,8-9H2,1H3,(H,18,19). The summed E-state index contributed by atoms with van der Waals surface area (Å²) in [5, 5.41) is 9.41. The fourth-order valence-electron chi connectivity index (χ4n) is 2.70. The number of hydrogen-bond acceptors (Lipinski definition) is 2. The van der Waals surface area contributed by atoms with Crippen molar-refractivity contribution in [2.24, 2.45) is 0 Å². The molecule has 1 aliphatic rings. The van der Waals surface area contributed by atoms with Crippen LogP contribution in [-0.2, 0) is 4.79 Å². The molecule has 4 nitrogen and oxygen atoms in total. The van der Waals surface area contributed by atoms with E-state index in [2.05, 4.69) is 0 Å². The highest BCUT2D eigenvalue weighted by Gasteiger charge is 2.48. The van der Waals surface area contributed by atoms with Crippen LogP contribution >= 0.6 is 0 Å². The van der Waals surface area contributed by atoms with Gasteiger partial charge in [-0.3, -0.25) is 4.79 Å². The highest BCUT2D eigenvalue weighted by atomic mass is 19.1. The van der Waals surface area contributed by atoms with Crippen molar-refractivity contribution in [3.63, 3.8) is 0 Å². The van der Waals surface area contributed by atoms with Gasteiger partial charge in [0.15, 0.2) is 0 Å². The summed E-state index contributed by atoms with van der Waals surface area (Å²) in [6.07, 6.45) is 1.36. The molecule has 0 bridgehead atoms. The topological polar surface area (TPSA) is 57.6 Å². The Morgan fingerprint density at radius 3 is 2.68 bits per heavy atom. The van der Waals surface area contributed by atoms with Crippen LogP contribution in [0.1, 0.15) is 36.5 Å². The normalized spacial score (nSPS) is 22.5. The Morgan fingerprint density at radius 2 is 2.11 bits per heavy atom. The number of nitrogens with zero attached hydrogens (tertiary/aromatic N) is 1. The minimum absolute atomic E-state index is 0.0662. The van der Waals surface area contributed by atoms with Crippen LogP contribution in [0.2, 0.25) is 0 Å². The average molecular weight is 265 g/mol. The maximum absolute atomic E-state index is 13.7. The van der Waals surface area contributed by atoms with Crippen LogP contribution in [0, 0.1) is 5.82 Å². The second-order valence-corrected chi connectivity index (χ2v) is 4.73. The third-order valence-corrected chi connectivity index (χ3v) is 3.82. The molecule has 1 aromatic rings. The summed E-state index contributed by atoms with van der Waals surface area (Å²) in [6.45, 7) is 2.09. The zero-order chi connectivity index (χ0) is 14.0. The van der Waals surface area contributed by atoms with Gasteiger partial charge in [0.05, 0.1) is 5.56 Å². The van der Waals surface area contributed by atoms with Gasteiger partial charge in [-0.05, 0) is 31.4 Å². The number of likely N-dealkylation sites (tertiary alicyclic amines) is 1. The molecule has 19 heavy (non-hydrogen) atoms. The van der Waals surface area contributed by atoms with Gasteiger partial charge in [0.2, 0.25) is 0 Å². The molecule has 0 saturated carbocycles. The number of carbonyl (C=O) groups is 2. The lowest BCUT2D eigenvalue weighted by Gasteiger charge is -2.34. The van der Waals surface area contributed by atoms with Gasteiger partial charge in [0.25, 0.3) is 5.91 Å². The van der Waals surface area contributed by atoms with Crippen molar-refractivity contribution in [3.8, 4) is 0 Å². The van der Waals surface area contributed by atoms with E-state index in [1.165, 1.54) is 23.1 Å². The van der Waals surface area contributed by atoms with Crippen LogP contribution in [0.4, 0.5) is 4.39 Å². The molecule has 1 N–H and O–H groups in total. The number of hydrogen-bond donors (Lipinski definition) is 1. The lowest BCUT2D eigenvalue weighted by Crippen LogP contribution is -2.52. The van der Waals surface area contributed by atoms with Crippen molar-refractivity contribution in [3.05, 3.63) is 35.6 Å². The molecule has 0 aliphatic carbocycles. The van der Waals surface area contributed by atoms with Crippen LogP contribution in [0.3, 0.4) is 0 Å². The van der Waals surface area contributed by atoms with Crippen LogP contribution < -0.4 is 0 Å². The van der Waals surface area contributed by atoms with Crippen LogP contribution in [0.5, 0.6) is 0 Å². The fourth-order valence-corrected chi connectivity index (χ4v) is 2.70. The van der Waals surface area contributed by atoms with Crippen LogP contribution in [-0.4, -0.2) is 34.0 Å². The summed E-state index contributed by atoms with van der Waals surface area (Å²) in [5.74, 6) is -2.17. The molecule has 5 heteroatoms. The van der Waals surface area contributed by atoms with E-state index >= 15 is 0 Å². The Balaban J connectivity index is 2.38. The highest BCUT2D eigenvalue weighted by Crippen LogP contribution is 2.34. The van der Waals surface area contributed by atoms with E-state index in [0.717, 1.165) is 0 Å². The van der Waals surface area contributed by atoms with Crippen molar-refractivity contribution in [1.82, 2.24) is 4.90 Å².